The molecule has 0 aromatic carbocycles. The lowest BCUT2D eigenvalue weighted by Gasteiger charge is -2.23. The van der Waals surface area contributed by atoms with Crippen LogP contribution in [0.15, 0.2) is 0 Å². The maximum Gasteiger partial charge on any atom is 0.413 e. The fourth-order valence-corrected chi connectivity index (χ4v) is 1.62. The highest BCUT2D eigenvalue weighted by molar-refractivity contribution is 7.94. The number of nitrogens with two attached hydrogens (primary N) is 1. The zero-order valence-corrected chi connectivity index (χ0v) is 11.8. The maximum absolute atomic E-state index is 10.0. The Morgan fingerprint density at radius 2 is 1.38 bits per heavy atom. The highest BCUT2D eigenvalue weighted by Crippen LogP contribution is 2.01. The van der Waals surface area contributed by atoms with Gasteiger partial charge in [-0.05, 0) is 0 Å². The van der Waals surface area contributed by atoms with Crippen molar-refractivity contribution in [1.82, 2.24) is 0 Å². The standard InChI is InChI=1S/C6H13NO5.H2O7S2/c7-3(1-8)5(11)6(12)4(10)2-9;1-8(2,3)7-9(4,5)6/h1,3-6,9-12H,2,7H2;(H,1,2,3)(H,4,5,6)/t3-,4+,5+,6+;/m0./s1. The molecule has 0 aliphatic heterocycles. The topological polar surface area (TPSA) is 242 Å². The summed E-state index contributed by atoms with van der Waals surface area (Å²) < 4.78 is 55.6. The van der Waals surface area contributed by atoms with Gasteiger partial charge in [-0.15, -0.1) is 3.63 Å². The molecule has 0 unspecified atom stereocenters. The molecule has 0 spiro atoms. The molecule has 15 heteroatoms. The van der Waals surface area contributed by atoms with Gasteiger partial charge in [-0.2, -0.15) is 16.8 Å². The fourth-order valence-electron chi connectivity index (χ4n) is 0.752. The van der Waals surface area contributed by atoms with Crippen molar-refractivity contribution in [3.63, 3.8) is 0 Å². The van der Waals surface area contributed by atoms with Gasteiger partial charge < -0.3 is 31.0 Å². The van der Waals surface area contributed by atoms with Crippen LogP contribution in [0, 0.1) is 0 Å². The molecule has 0 aliphatic rings. The van der Waals surface area contributed by atoms with Gasteiger partial charge in [0, 0.05) is 0 Å². The highest BCUT2D eigenvalue weighted by atomic mass is 32.3. The number of hydrogen-bond donors (Lipinski definition) is 7. The van der Waals surface area contributed by atoms with Gasteiger partial charge in [0.15, 0.2) is 0 Å². The first-order valence-electron chi connectivity index (χ1n) is 4.77. The Labute approximate surface area is 119 Å². The summed E-state index contributed by atoms with van der Waals surface area (Å²) in [6.45, 7) is -0.705. The number of aliphatic hydroxyl groups is 4. The van der Waals surface area contributed by atoms with E-state index in [2.05, 4.69) is 3.63 Å². The smallest absolute Gasteiger partial charge is 0.394 e. The minimum atomic E-state index is -5.12. The molecule has 8 N–H and O–H groups in total. The molecule has 0 aromatic rings. The van der Waals surface area contributed by atoms with Crippen molar-refractivity contribution < 1.29 is 54.8 Å². The van der Waals surface area contributed by atoms with Crippen molar-refractivity contribution >= 4 is 27.1 Å². The molecule has 0 fully saturated rings. The first-order valence-corrected chi connectivity index (χ1v) is 7.50. The Balaban J connectivity index is 0. The van der Waals surface area contributed by atoms with Crippen molar-refractivity contribution in [1.29, 1.82) is 0 Å². The van der Waals surface area contributed by atoms with Crippen LogP contribution in [0.1, 0.15) is 0 Å². The molecule has 21 heavy (non-hydrogen) atoms. The van der Waals surface area contributed by atoms with Gasteiger partial charge in [0.1, 0.15) is 24.6 Å². The monoisotopic (exact) mass is 357 g/mol. The van der Waals surface area contributed by atoms with Crippen molar-refractivity contribution in [2.45, 2.75) is 24.4 Å². The third kappa shape index (κ3) is 12.7. The Bertz CT molecular complexity index is 470. The largest absolute Gasteiger partial charge is 0.413 e. The lowest BCUT2D eigenvalue weighted by molar-refractivity contribution is -0.118. The van der Waals surface area contributed by atoms with E-state index < -0.39 is 51.8 Å². The Kier molecular flexibility index (Phi) is 9.98. The van der Waals surface area contributed by atoms with Crippen molar-refractivity contribution in [3.8, 4) is 0 Å². The third-order valence-corrected chi connectivity index (χ3v) is 3.03. The van der Waals surface area contributed by atoms with E-state index in [4.69, 9.17) is 35.3 Å². The normalized spacial score (nSPS) is 17.9. The van der Waals surface area contributed by atoms with Gasteiger partial charge in [-0.1, -0.05) is 0 Å². The van der Waals surface area contributed by atoms with E-state index in [1.54, 1.807) is 0 Å². The lowest BCUT2D eigenvalue weighted by Crippen LogP contribution is -2.49. The number of hydrogen-bond acceptors (Lipinski definition) is 11. The average Bonchev–Trinajstić information content (AvgIpc) is 2.31. The molecule has 128 valence electrons. The molecule has 13 nitrogen and oxygen atoms in total. The molecule has 0 bridgehead atoms. The van der Waals surface area contributed by atoms with E-state index in [9.17, 15) is 21.6 Å². The molecule has 0 amide bonds. The molecule has 0 aliphatic carbocycles. The summed E-state index contributed by atoms with van der Waals surface area (Å²) in [5.41, 5.74) is 5.04. The zero-order chi connectivity index (χ0) is 17.4. The van der Waals surface area contributed by atoms with Crippen LogP contribution < -0.4 is 5.73 Å². The van der Waals surface area contributed by atoms with Crippen molar-refractivity contribution in [3.05, 3.63) is 0 Å². The second kappa shape index (κ2) is 9.30. The van der Waals surface area contributed by atoms with Crippen LogP contribution >= 0.6 is 0 Å². The fraction of sp³-hybridized carbons (Fsp3) is 0.833. The van der Waals surface area contributed by atoms with Crippen LogP contribution in [0.25, 0.3) is 0 Å². The van der Waals surface area contributed by atoms with Crippen LogP contribution in [0.3, 0.4) is 0 Å². The molecule has 0 saturated carbocycles. The van der Waals surface area contributed by atoms with Crippen molar-refractivity contribution in [2.75, 3.05) is 6.61 Å². The summed E-state index contributed by atoms with van der Waals surface area (Å²) in [7, 11) is -10.2. The van der Waals surface area contributed by atoms with Gasteiger partial charge >= 0.3 is 20.8 Å². The third-order valence-electron chi connectivity index (χ3n) is 1.65. The first-order chi connectivity index (χ1) is 9.25. The molecule has 0 heterocycles. The predicted octanol–water partition coefficient (Wildman–Crippen LogP) is -4.80. The van der Waals surface area contributed by atoms with Crippen LogP contribution in [0.4, 0.5) is 0 Å². The predicted molar refractivity (Wildman–Crippen MR) is 63.3 cm³/mol. The van der Waals surface area contributed by atoms with Crippen LogP contribution in [0.5, 0.6) is 0 Å². The lowest BCUT2D eigenvalue weighted by atomic mass is 10.0. The van der Waals surface area contributed by atoms with E-state index in [0.717, 1.165) is 0 Å². The number of aliphatic hydroxyl groups excluding tert-OH is 4. The second-order valence-electron chi connectivity index (χ2n) is 3.37. The maximum atomic E-state index is 10.0. The van der Waals surface area contributed by atoms with Crippen LogP contribution in [-0.4, -0.2) is 83.6 Å². The quantitative estimate of drug-likeness (QED) is 0.167. The van der Waals surface area contributed by atoms with Crippen molar-refractivity contribution in [2.24, 2.45) is 5.73 Å². The number of carbonyl (C=O) groups excluding carboxylic acids is 1. The van der Waals surface area contributed by atoms with E-state index in [1.807, 2.05) is 0 Å². The SMILES string of the molecule is N[C@@H](C=O)[C@@H](O)[C@H](O)[C@H](O)CO.O=S(=O)(O)OS(=O)(=O)O. The van der Waals surface area contributed by atoms with Gasteiger partial charge in [-0.3, -0.25) is 9.11 Å². The summed E-state index contributed by atoms with van der Waals surface area (Å²) in [4.78, 5) is 10.0. The summed E-state index contributed by atoms with van der Waals surface area (Å²) in [5, 5.41) is 35.2. The minimum Gasteiger partial charge on any atom is -0.394 e. The summed E-state index contributed by atoms with van der Waals surface area (Å²) >= 11 is 0. The highest BCUT2D eigenvalue weighted by Gasteiger charge is 2.28. The molecular weight excluding hydrogens is 342 g/mol. The molecular formula is C6H15NO12S2. The van der Waals surface area contributed by atoms with Gasteiger partial charge in [-0.25, -0.2) is 0 Å². The van der Waals surface area contributed by atoms with Gasteiger partial charge in [0.2, 0.25) is 0 Å². The van der Waals surface area contributed by atoms with E-state index >= 15 is 0 Å². The second-order valence-corrected chi connectivity index (χ2v) is 5.62. The number of rotatable bonds is 7. The molecule has 0 aromatic heterocycles. The van der Waals surface area contributed by atoms with E-state index in [-0.39, 0.29) is 6.29 Å². The Hall–Kier alpha value is -0.750. The van der Waals surface area contributed by atoms with Crippen LogP contribution in [-0.2, 0) is 29.2 Å². The molecule has 4 atom stereocenters. The van der Waals surface area contributed by atoms with Gasteiger partial charge in [0.25, 0.3) is 0 Å². The molecule has 0 saturated heterocycles. The number of carbonyl (C=O) groups is 1. The van der Waals surface area contributed by atoms with Gasteiger partial charge in [0.05, 0.1) is 12.6 Å². The molecule has 0 radical (unpaired) electrons. The van der Waals surface area contributed by atoms with Crippen LogP contribution in [0.2, 0.25) is 0 Å². The molecule has 0 rings (SSSR count). The van der Waals surface area contributed by atoms with E-state index in [0.29, 0.717) is 0 Å². The summed E-state index contributed by atoms with van der Waals surface area (Å²) in [6.07, 6.45) is -4.43. The summed E-state index contributed by atoms with van der Waals surface area (Å²) in [5.74, 6) is 0. The Morgan fingerprint density at radius 1 is 1.00 bits per heavy atom. The number of aldehydes is 1. The minimum absolute atomic E-state index is 0.248. The Morgan fingerprint density at radius 3 is 1.57 bits per heavy atom. The summed E-state index contributed by atoms with van der Waals surface area (Å²) in [6, 6.07) is -1.26. The average molecular weight is 357 g/mol. The zero-order valence-electron chi connectivity index (χ0n) is 10.1. The first kappa shape index (κ1) is 22.5. The van der Waals surface area contributed by atoms with E-state index in [1.165, 1.54) is 0 Å².